The number of sulfonamides is 1. The lowest BCUT2D eigenvalue weighted by Crippen LogP contribution is -2.43. The summed E-state index contributed by atoms with van der Waals surface area (Å²) in [6, 6.07) is 5.97. The number of pyridine rings is 1. The highest BCUT2D eigenvalue weighted by Gasteiger charge is 2.27. The number of terminal acetylenes is 1. The highest BCUT2D eigenvalue weighted by molar-refractivity contribution is 7.88. The molecule has 0 amide bonds. The van der Waals surface area contributed by atoms with Crippen LogP contribution in [0.2, 0.25) is 0 Å². The molecule has 0 radical (unpaired) electrons. The first-order valence-electron chi connectivity index (χ1n) is 7.92. The lowest BCUT2D eigenvalue weighted by Gasteiger charge is -2.33. The summed E-state index contributed by atoms with van der Waals surface area (Å²) >= 11 is 0. The van der Waals surface area contributed by atoms with Crippen molar-refractivity contribution in [2.24, 2.45) is 5.92 Å². The molecule has 1 aliphatic heterocycles. The summed E-state index contributed by atoms with van der Waals surface area (Å²) in [5, 5.41) is 0. The third-order valence-corrected chi connectivity index (χ3v) is 5.38. The van der Waals surface area contributed by atoms with Gasteiger partial charge in [0.15, 0.2) is 0 Å². The topological polar surface area (TPSA) is 53.5 Å². The Morgan fingerprint density at radius 3 is 2.91 bits per heavy atom. The molecule has 1 saturated heterocycles. The molecule has 0 bridgehead atoms. The van der Waals surface area contributed by atoms with E-state index in [-0.39, 0.29) is 0 Å². The standard InChI is InChI=1S/C17H25N3O2S/c1-4-10-19(14-17-9-5-7-15(2)18-17)12-16-8-6-11-20(13-16)23(3,21)22/h1,5,7,9,16H,6,8,10-14H2,2-3H3. The largest absolute Gasteiger partial charge is 0.286 e. The Balaban J connectivity index is 2.00. The van der Waals surface area contributed by atoms with Crippen molar-refractivity contribution in [2.75, 3.05) is 32.4 Å². The first-order chi connectivity index (χ1) is 10.9. The molecule has 126 valence electrons. The average molecular weight is 335 g/mol. The second-order valence-electron chi connectivity index (χ2n) is 6.27. The predicted octanol–water partition coefficient (Wildman–Crippen LogP) is 1.50. The summed E-state index contributed by atoms with van der Waals surface area (Å²) in [7, 11) is -3.11. The van der Waals surface area contributed by atoms with Gasteiger partial charge in [0.05, 0.1) is 18.5 Å². The lowest BCUT2D eigenvalue weighted by atomic mass is 9.99. The number of nitrogens with zero attached hydrogens (tertiary/aromatic N) is 3. The Kier molecular flexibility index (Phi) is 6.17. The van der Waals surface area contributed by atoms with E-state index in [1.54, 1.807) is 4.31 Å². The minimum atomic E-state index is -3.11. The lowest BCUT2D eigenvalue weighted by molar-refractivity contribution is 0.185. The van der Waals surface area contributed by atoms with Crippen LogP contribution in [0.25, 0.3) is 0 Å². The van der Waals surface area contributed by atoms with Crippen LogP contribution in [-0.4, -0.2) is 55.0 Å². The number of aryl methyl sites for hydroxylation is 1. The SMILES string of the molecule is C#CCN(Cc1cccc(C)n1)CC1CCCN(S(C)(=O)=O)C1. The molecule has 2 heterocycles. The molecule has 5 nitrogen and oxygen atoms in total. The number of hydrogen-bond acceptors (Lipinski definition) is 4. The van der Waals surface area contributed by atoms with Crippen molar-refractivity contribution in [1.82, 2.24) is 14.2 Å². The van der Waals surface area contributed by atoms with Gasteiger partial charge >= 0.3 is 0 Å². The van der Waals surface area contributed by atoms with Gasteiger partial charge < -0.3 is 0 Å². The average Bonchev–Trinajstić information content (AvgIpc) is 2.47. The second kappa shape index (κ2) is 7.91. The van der Waals surface area contributed by atoms with Gasteiger partial charge in [-0.25, -0.2) is 12.7 Å². The Labute approximate surface area is 139 Å². The zero-order chi connectivity index (χ0) is 16.9. The van der Waals surface area contributed by atoms with Gasteiger partial charge in [-0.1, -0.05) is 12.0 Å². The van der Waals surface area contributed by atoms with E-state index in [4.69, 9.17) is 6.42 Å². The number of hydrogen-bond donors (Lipinski definition) is 0. The summed E-state index contributed by atoms with van der Waals surface area (Å²) in [6.45, 7) is 5.23. The van der Waals surface area contributed by atoms with E-state index in [0.29, 0.717) is 32.1 Å². The van der Waals surface area contributed by atoms with Crippen LogP contribution < -0.4 is 0 Å². The molecule has 1 atom stereocenters. The van der Waals surface area contributed by atoms with Crippen molar-refractivity contribution < 1.29 is 8.42 Å². The summed E-state index contributed by atoms with van der Waals surface area (Å²) in [5.74, 6) is 3.02. The van der Waals surface area contributed by atoms with E-state index >= 15 is 0 Å². The molecule has 0 aromatic carbocycles. The number of piperidine rings is 1. The molecule has 1 fully saturated rings. The third-order valence-electron chi connectivity index (χ3n) is 4.11. The van der Waals surface area contributed by atoms with Crippen LogP contribution in [-0.2, 0) is 16.6 Å². The zero-order valence-electron chi connectivity index (χ0n) is 13.9. The zero-order valence-corrected chi connectivity index (χ0v) is 14.7. The molecule has 0 saturated carbocycles. The molecule has 1 unspecified atom stereocenters. The van der Waals surface area contributed by atoms with Crippen molar-refractivity contribution in [3.63, 3.8) is 0 Å². The quantitative estimate of drug-likeness (QED) is 0.739. The van der Waals surface area contributed by atoms with Gasteiger partial charge in [0.1, 0.15) is 0 Å². The number of rotatable bonds is 6. The van der Waals surface area contributed by atoms with Crippen molar-refractivity contribution in [2.45, 2.75) is 26.3 Å². The number of aromatic nitrogens is 1. The van der Waals surface area contributed by atoms with E-state index in [0.717, 1.165) is 30.8 Å². The van der Waals surface area contributed by atoms with Gasteiger partial charge in [-0.2, -0.15) is 0 Å². The van der Waals surface area contributed by atoms with Gasteiger partial charge in [-0.05, 0) is 37.8 Å². The van der Waals surface area contributed by atoms with E-state index in [2.05, 4.69) is 15.8 Å². The molecule has 0 aliphatic carbocycles. The smallest absolute Gasteiger partial charge is 0.211 e. The Morgan fingerprint density at radius 2 is 2.26 bits per heavy atom. The van der Waals surface area contributed by atoms with Crippen molar-refractivity contribution >= 4 is 10.0 Å². The summed E-state index contributed by atoms with van der Waals surface area (Å²) in [4.78, 5) is 6.70. The third kappa shape index (κ3) is 5.61. The monoisotopic (exact) mass is 335 g/mol. The molecule has 1 aliphatic rings. The molecule has 6 heteroatoms. The maximum atomic E-state index is 11.7. The van der Waals surface area contributed by atoms with Crippen LogP contribution in [0.3, 0.4) is 0 Å². The van der Waals surface area contributed by atoms with Crippen molar-refractivity contribution in [3.8, 4) is 12.3 Å². The van der Waals surface area contributed by atoms with E-state index in [1.807, 2.05) is 25.1 Å². The van der Waals surface area contributed by atoms with Crippen LogP contribution in [0.1, 0.15) is 24.2 Å². The maximum absolute atomic E-state index is 11.7. The van der Waals surface area contributed by atoms with E-state index in [1.165, 1.54) is 6.26 Å². The molecule has 1 aromatic heterocycles. The van der Waals surface area contributed by atoms with Crippen molar-refractivity contribution in [3.05, 3.63) is 29.6 Å². The minimum Gasteiger partial charge on any atom is -0.286 e. The fourth-order valence-electron chi connectivity index (χ4n) is 3.07. The van der Waals surface area contributed by atoms with E-state index < -0.39 is 10.0 Å². The molecule has 0 spiro atoms. The molecular formula is C17H25N3O2S. The molecule has 2 rings (SSSR count). The summed E-state index contributed by atoms with van der Waals surface area (Å²) in [5.41, 5.74) is 1.99. The summed E-state index contributed by atoms with van der Waals surface area (Å²) < 4.78 is 25.1. The fourth-order valence-corrected chi connectivity index (χ4v) is 4.02. The summed E-state index contributed by atoms with van der Waals surface area (Å²) in [6.07, 6.45) is 8.72. The van der Waals surface area contributed by atoms with Gasteiger partial charge in [-0.3, -0.25) is 9.88 Å². The minimum absolute atomic E-state index is 0.316. The first kappa shape index (κ1) is 17.9. The van der Waals surface area contributed by atoms with Gasteiger partial charge in [0.2, 0.25) is 10.0 Å². The van der Waals surface area contributed by atoms with Crippen LogP contribution in [0.4, 0.5) is 0 Å². The fraction of sp³-hybridized carbons (Fsp3) is 0.588. The van der Waals surface area contributed by atoms with Crippen LogP contribution in [0.5, 0.6) is 0 Å². The molecule has 0 N–H and O–H groups in total. The van der Waals surface area contributed by atoms with Crippen LogP contribution in [0, 0.1) is 25.2 Å². The highest BCUT2D eigenvalue weighted by atomic mass is 32.2. The first-order valence-corrected chi connectivity index (χ1v) is 9.77. The Morgan fingerprint density at radius 1 is 1.48 bits per heavy atom. The van der Waals surface area contributed by atoms with Crippen LogP contribution in [0.15, 0.2) is 18.2 Å². The Hall–Kier alpha value is -1.42. The Bertz CT molecular complexity index is 667. The van der Waals surface area contributed by atoms with Crippen LogP contribution >= 0.6 is 0 Å². The van der Waals surface area contributed by atoms with Gasteiger partial charge in [0.25, 0.3) is 0 Å². The van der Waals surface area contributed by atoms with Gasteiger partial charge in [-0.15, -0.1) is 6.42 Å². The normalized spacial score (nSPS) is 19.7. The molecule has 23 heavy (non-hydrogen) atoms. The molecular weight excluding hydrogens is 310 g/mol. The second-order valence-corrected chi connectivity index (χ2v) is 8.26. The van der Waals surface area contributed by atoms with Gasteiger partial charge in [0, 0.05) is 31.9 Å². The maximum Gasteiger partial charge on any atom is 0.211 e. The predicted molar refractivity (Wildman–Crippen MR) is 92.2 cm³/mol. The van der Waals surface area contributed by atoms with E-state index in [9.17, 15) is 8.42 Å². The van der Waals surface area contributed by atoms with Crippen molar-refractivity contribution in [1.29, 1.82) is 0 Å². The highest BCUT2D eigenvalue weighted by Crippen LogP contribution is 2.20. The molecule has 1 aromatic rings.